The smallest absolute Gasteiger partial charge is 0.374 e. The van der Waals surface area contributed by atoms with E-state index in [1.165, 1.54) is 4.90 Å². The zero-order chi connectivity index (χ0) is 25.1. The summed E-state index contributed by atoms with van der Waals surface area (Å²) >= 11 is 0. The predicted molar refractivity (Wildman–Crippen MR) is 115 cm³/mol. The third-order valence-corrected chi connectivity index (χ3v) is 7.01. The Balaban J connectivity index is 1.79. The van der Waals surface area contributed by atoms with Crippen LogP contribution in [0.2, 0.25) is 0 Å². The van der Waals surface area contributed by atoms with Crippen LogP contribution in [0.3, 0.4) is 0 Å². The largest absolute Gasteiger partial charge is 0.424 e. The molecule has 2 aromatic carbocycles. The van der Waals surface area contributed by atoms with Crippen LogP contribution in [-0.4, -0.2) is 44.5 Å². The summed E-state index contributed by atoms with van der Waals surface area (Å²) in [7, 11) is -3.89. The number of aryl methyl sites for hydroxylation is 1. The van der Waals surface area contributed by atoms with Gasteiger partial charge in [0.15, 0.2) is 6.17 Å². The maximum absolute atomic E-state index is 14.6. The van der Waals surface area contributed by atoms with Gasteiger partial charge in [0.25, 0.3) is 10.1 Å². The highest BCUT2D eigenvalue weighted by Crippen LogP contribution is 2.60. The average Bonchev–Trinajstić information content (AvgIpc) is 2.94. The molecule has 1 aliphatic carbocycles. The van der Waals surface area contributed by atoms with E-state index < -0.39 is 51.6 Å². The molecule has 34 heavy (non-hydrogen) atoms. The van der Waals surface area contributed by atoms with E-state index in [2.05, 4.69) is 0 Å². The topological polar surface area (TPSA) is 83.9 Å². The fraction of sp³-hybridized carbons (Fsp3) is 0.435. The second kappa shape index (κ2) is 8.31. The van der Waals surface area contributed by atoms with Crippen LogP contribution in [-0.2, 0) is 31.1 Å². The third-order valence-electron chi connectivity index (χ3n) is 6.39. The lowest BCUT2D eigenvalue weighted by Crippen LogP contribution is -2.53. The minimum Gasteiger partial charge on any atom is -0.374 e. The zero-order valence-electron chi connectivity index (χ0n) is 18.3. The van der Waals surface area contributed by atoms with Crippen molar-refractivity contribution >= 4 is 21.7 Å². The van der Waals surface area contributed by atoms with E-state index in [9.17, 15) is 35.9 Å². The number of anilines is 1. The number of carbonyl (C=O) groups excluding carboxylic acids is 1. The number of amides is 1. The van der Waals surface area contributed by atoms with Crippen molar-refractivity contribution in [2.24, 2.45) is 0 Å². The van der Waals surface area contributed by atoms with Crippen molar-refractivity contribution in [3.05, 3.63) is 64.7 Å². The van der Waals surface area contributed by atoms with Crippen molar-refractivity contribution in [3.63, 3.8) is 0 Å². The molecule has 1 aliphatic heterocycles. The SMILES string of the molecule is C[C@H](C(=O)N1C[C@@H](OS(C)(=O)=O)CCc2cc3c(cc21)[C@@H](F)C3(O)C(F)(F)F)c1ccccc1. The number of nitrogens with zero attached hydrogens (tertiary/aromatic N) is 1. The first-order valence-electron chi connectivity index (χ1n) is 10.6. The van der Waals surface area contributed by atoms with Gasteiger partial charge in [-0.2, -0.15) is 21.6 Å². The molecule has 1 N–H and O–H groups in total. The number of carbonyl (C=O) groups is 1. The molecule has 0 saturated carbocycles. The lowest BCUT2D eigenvalue weighted by Gasteiger charge is -2.44. The normalized spacial score (nSPS) is 25.6. The Morgan fingerprint density at radius 2 is 1.88 bits per heavy atom. The fourth-order valence-corrected chi connectivity index (χ4v) is 5.23. The average molecular weight is 501 g/mol. The second-order valence-corrected chi connectivity index (χ2v) is 10.3. The summed E-state index contributed by atoms with van der Waals surface area (Å²) in [6, 6.07) is 11.0. The van der Waals surface area contributed by atoms with Gasteiger partial charge in [-0.15, -0.1) is 0 Å². The van der Waals surface area contributed by atoms with Crippen molar-refractivity contribution < 1.29 is 40.1 Å². The fourth-order valence-electron chi connectivity index (χ4n) is 4.58. The summed E-state index contributed by atoms with van der Waals surface area (Å²) in [4.78, 5) is 14.7. The summed E-state index contributed by atoms with van der Waals surface area (Å²) in [5.41, 5.74) is -3.46. The number of benzene rings is 2. The Labute approximate surface area is 194 Å². The molecule has 4 rings (SSSR count). The quantitative estimate of drug-likeness (QED) is 0.508. The number of halogens is 4. The molecule has 4 atom stereocenters. The van der Waals surface area contributed by atoms with E-state index in [0.29, 0.717) is 5.56 Å². The Bertz CT molecular complexity index is 1220. The van der Waals surface area contributed by atoms with Gasteiger partial charge in [0.2, 0.25) is 11.5 Å². The van der Waals surface area contributed by atoms with E-state index in [-0.39, 0.29) is 36.2 Å². The van der Waals surface area contributed by atoms with Crippen molar-refractivity contribution in [1.82, 2.24) is 0 Å². The Morgan fingerprint density at radius 1 is 1.24 bits per heavy atom. The number of hydrogen-bond acceptors (Lipinski definition) is 5. The molecular weight excluding hydrogens is 478 g/mol. The van der Waals surface area contributed by atoms with Gasteiger partial charge < -0.3 is 10.0 Å². The van der Waals surface area contributed by atoms with E-state index in [1.807, 2.05) is 0 Å². The number of alkyl halides is 4. The van der Waals surface area contributed by atoms with Crippen LogP contribution >= 0.6 is 0 Å². The van der Waals surface area contributed by atoms with E-state index in [1.54, 1.807) is 37.3 Å². The van der Waals surface area contributed by atoms with Crippen molar-refractivity contribution in [3.8, 4) is 0 Å². The molecule has 0 fully saturated rings. The van der Waals surface area contributed by atoms with Crippen LogP contribution in [0.5, 0.6) is 0 Å². The van der Waals surface area contributed by atoms with E-state index in [0.717, 1.165) is 18.4 Å². The van der Waals surface area contributed by atoms with Crippen molar-refractivity contribution in [2.45, 2.75) is 49.7 Å². The van der Waals surface area contributed by atoms with Crippen LogP contribution in [0.4, 0.5) is 23.2 Å². The van der Waals surface area contributed by atoms with E-state index in [4.69, 9.17) is 4.18 Å². The maximum atomic E-state index is 14.6. The standard InChI is InChI=1S/C23H23F4NO5S/c1-13(14-6-4-3-5-7-14)21(29)28-12-16(33-34(2,31)32)9-8-15-10-18-17(11-19(15)28)20(24)22(18,30)23(25,26)27/h3-7,10-11,13,16,20,30H,8-9,12H2,1-2H3/t13-,16-,20+,22?/m0/s1. The molecule has 6 nitrogen and oxygen atoms in total. The van der Waals surface area contributed by atoms with Gasteiger partial charge in [0.1, 0.15) is 0 Å². The van der Waals surface area contributed by atoms with Crippen LogP contribution < -0.4 is 4.90 Å². The number of hydrogen-bond donors (Lipinski definition) is 1. The van der Waals surface area contributed by atoms with Gasteiger partial charge in [-0.1, -0.05) is 30.3 Å². The Hall–Kier alpha value is -2.50. The Morgan fingerprint density at radius 3 is 2.47 bits per heavy atom. The summed E-state index contributed by atoms with van der Waals surface area (Å²) in [6.07, 6.45) is -7.86. The molecule has 0 radical (unpaired) electrons. The molecule has 0 bridgehead atoms. The first-order valence-corrected chi connectivity index (χ1v) is 12.4. The van der Waals surface area contributed by atoms with Crippen molar-refractivity contribution in [2.75, 3.05) is 17.7 Å². The molecular formula is C23H23F4NO5S. The van der Waals surface area contributed by atoms with Gasteiger partial charge in [0.05, 0.1) is 24.8 Å². The number of rotatable bonds is 4. The minimum absolute atomic E-state index is 0.0667. The number of aliphatic hydroxyl groups is 1. The highest BCUT2D eigenvalue weighted by molar-refractivity contribution is 7.86. The first kappa shape index (κ1) is 24.6. The summed E-state index contributed by atoms with van der Waals surface area (Å²) in [5.74, 6) is -1.12. The molecule has 1 amide bonds. The molecule has 1 unspecified atom stereocenters. The van der Waals surface area contributed by atoms with Crippen LogP contribution in [0.1, 0.15) is 47.7 Å². The molecule has 2 aliphatic rings. The summed E-state index contributed by atoms with van der Waals surface area (Å²) in [5, 5.41) is 10.1. The minimum atomic E-state index is -5.22. The molecule has 0 spiro atoms. The van der Waals surface area contributed by atoms with Crippen LogP contribution in [0.25, 0.3) is 0 Å². The second-order valence-electron chi connectivity index (χ2n) is 8.74. The van der Waals surface area contributed by atoms with Gasteiger partial charge in [-0.25, -0.2) is 4.39 Å². The van der Waals surface area contributed by atoms with E-state index >= 15 is 0 Å². The van der Waals surface area contributed by atoms with Gasteiger partial charge in [-0.05, 0) is 48.6 Å². The summed E-state index contributed by atoms with van der Waals surface area (Å²) < 4.78 is 83.5. The third kappa shape index (κ3) is 4.09. The van der Waals surface area contributed by atoms with Crippen molar-refractivity contribution in [1.29, 1.82) is 0 Å². The molecule has 2 aromatic rings. The summed E-state index contributed by atoms with van der Waals surface area (Å²) in [6.45, 7) is 1.46. The highest BCUT2D eigenvalue weighted by atomic mass is 32.2. The highest BCUT2D eigenvalue weighted by Gasteiger charge is 2.68. The number of fused-ring (bicyclic) bond motifs is 2. The maximum Gasteiger partial charge on any atom is 0.424 e. The lowest BCUT2D eigenvalue weighted by molar-refractivity contribution is -0.302. The zero-order valence-corrected chi connectivity index (χ0v) is 19.2. The van der Waals surface area contributed by atoms with Gasteiger partial charge >= 0.3 is 6.18 Å². The van der Waals surface area contributed by atoms with Crippen LogP contribution in [0, 0.1) is 0 Å². The van der Waals surface area contributed by atoms with Gasteiger partial charge in [-0.3, -0.25) is 8.98 Å². The monoisotopic (exact) mass is 501 g/mol. The lowest BCUT2D eigenvalue weighted by atomic mass is 9.70. The van der Waals surface area contributed by atoms with Crippen LogP contribution in [0.15, 0.2) is 42.5 Å². The molecule has 0 saturated heterocycles. The molecule has 184 valence electrons. The Kier molecular flexibility index (Phi) is 6.02. The predicted octanol–water partition coefficient (Wildman–Crippen LogP) is 3.89. The van der Waals surface area contributed by atoms with Gasteiger partial charge in [0, 0.05) is 11.3 Å². The first-order chi connectivity index (χ1) is 15.7. The molecule has 1 heterocycles. The molecule has 11 heteroatoms. The molecule has 0 aromatic heterocycles.